The fourth-order valence-electron chi connectivity index (χ4n) is 2.70. The summed E-state index contributed by atoms with van der Waals surface area (Å²) in [6.07, 6.45) is 0.272. The van der Waals surface area contributed by atoms with Crippen LogP contribution < -0.4 is 4.72 Å². The van der Waals surface area contributed by atoms with Crippen LogP contribution in [0.1, 0.15) is 5.69 Å². The molecule has 0 saturated carbocycles. The van der Waals surface area contributed by atoms with Gasteiger partial charge in [-0.15, -0.1) is 16.4 Å². The Kier molecular flexibility index (Phi) is 5.11. The van der Waals surface area contributed by atoms with E-state index in [0.717, 1.165) is 12.1 Å². The van der Waals surface area contributed by atoms with Gasteiger partial charge in [-0.2, -0.15) is 4.98 Å². The maximum Gasteiger partial charge on any atom is 0.243 e. The summed E-state index contributed by atoms with van der Waals surface area (Å²) in [5.41, 5.74) is 1.36. The first-order chi connectivity index (χ1) is 13.8. The lowest BCUT2D eigenvalue weighted by atomic mass is 10.2. The van der Waals surface area contributed by atoms with Gasteiger partial charge in [0.2, 0.25) is 15.0 Å². The number of benzene rings is 2. The van der Waals surface area contributed by atoms with Crippen molar-refractivity contribution in [3.8, 4) is 11.4 Å². The molecular formula is C18H13F3N4O2S2. The molecule has 0 bridgehead atoms. The van der Waals surface area contributed by atoms with Crippen LogP contribution in [0.4, 0.5) is 13.2 Å². The Hall–Kier alpha value is -2.76. The maximum absolute atomic E-state index is 13.7. The van der Waals surface area contributed by atoms with Crippen molar-refractivity contribution in [2.45, 2.75) is 11.3 Å². The zero-order valence-corrected chi connectivity index (χ0v) is 16.3. The predicted octanol–water partition coefficient (Wildman–Crippen LogP) is 3.40. The second-order valence-electron chi connectivity index (χ2n) is 6.09. The Morgan fingerprint density at radius 2 is 1.76 bits per heavy atom. The minimum Gasteiger partial charge on any atom is -0.211 e. The molecule has 0 spiro atoms. The summed E-state index contributed by atoms with van der Waals surface area (Å²) in [4.78, 5) is 4.37. The molecule has 6 nitrogen and oxygen atoms in total. The molecule has 0 atom stereocenters. The first-order valence-electron chi connectivity index (χ1n) is 8.37. The van der Waals surface area contributed by atoms with E-state index in [1.54, 1.807) is 22.0 Å². The summed E-state index contributed by atoms with van der Waals surface area (Å²) < 4.78 is 68.1. The molecule has 0 amide bonds. The molecule has 0 radical (unpaired) electrons. The molecule has 0 aliphatic rings. The molecule has 150 valence electrons. The van der Waals surface area contributed by atoms with Gasteiger partial charge in [0.1, 0.15) is 22.3 Å². The molecule has 2 aromatic carbocycles. The topological polar surface area (TPSA) is 76.4 Å². The van der Waals surface area contributed by atoms with Gasteiger partial charge in [0.25, 0.3) is 0 Å². The number of sulfonamides is 1. The molecule has 0 saturated heterocycles. The summed E-state index contributed by atoms with van der Waals surface area (Å²) >= 11 is 1.33. The van der Waals surface area contributed by atoms with E-state index in [1.807, 2.05) is 0 Å². The molecule has 0 aliphatic heterocycles. The van der Waals surface area contributed by atoms with Crippen molar-refractivity contribution in [1.29, 1.82) is 0 Å². The lowest BCUT2D eigenvalue weighted by Gasteiger charge is -2.07. The van der Waals surface area contributed by atoms with Crippen LogP contribution in [-0.4, -0.2) is 29.6 Å². The lowest BCUT2D eigenvalue weighted by Crippen LogP contribution is -2.27. The van der Waals surface area contributed by atoms with E-state index in [0.29, 0.717) is 28.1 Å². The maximum atomic E-state index is 13.7. The molecule has 0 fully saturated rings. The molecule has 4 rings (SSSR count). The Morgan fingerprint density at radius 1 is 1.03 bits per heavy atom. The normalized spacial score (nSPS) is 12.0. The van der Waals surface area contributed by atoms with Gasteiger partial charge in [-0.3, -0.25) is 0 Å². The Bertz CT molecular complexity index is 1280. The SMILES string of the molecule is O=S(=O)(NCCc1csc2nc(-c3ccc(F)cc3)nn12)c1ccc(F)cc1F. The Balaban J connectivity index is 1.49. The number of aromatic nitrogens is 3. The highest BCUT2D eigenvalue weighted by Crippen LogP contribution is 2.21. The highest BCUT2D eigenvalue weighted by Gasteiger charge is 2.19. The van der Waals surface area contributed by atoms with Gasteiger partial charge in [-0.1, -0.05) is 0 Å². The number of hydrogen-bond acceptors (Lipinski definition) is 5. The minimum absolute atomic E-state index is 0.0171. The number of fused-ring (bicyclic) bond motifs is 1. The van der Waals surface area contributed by atoms with E-state index >= 15 is 0 Å². The second kappa shape index (κ2) is 7.58. The van der Waals surface area contributed by atoms with Gasteiger partial charge >= 0.3 is 0 Å². The van der Waals surface area contributed by atoms with Crippen LogP contribution in [-0.2, 0) is 16.4 Å². The van der Waals surface area contributed by atoms with Gasteiger partial charge in [0, 0.05) is 30.0 Å². The monoisotopic (exact) mass is 438 g/mol. The Labute approximate surface area is 167 Å². The zero-order chi connectivity index (χ0) is 20.6. The summed E-state index contributed by atoms with van der Waals surface area (Å²) in [6.45, 7) is -0.0171. The predicted molar refractivity (Wildman–Crippen MR) is 102 cm³/mol. The van der Waals surface area contributed by atoms with Crippen LogP contribution in [0.15, 0.2) is 52.7 Å². The van der Waals surface area contributed by atoms with Crippen LogP contribution in [0, 0.1) is 17.5 Å². The van der Waals surface area contributed by atoms with Gasteiger partial charge in [0.15, 0.2) is 5.82 Å². The van der Waals surface area contributed by atoms with E-state index in [9.17, 15) is 21.6 Å². The summed E-state index contributed by atoms with van der Waals surface area (Å²) in [5.74, 6) is -1.95. The fraction of sp³-hybridized carbons (Fsp3) is 0.111. The van der Waals surface area contributed by atoms with Crippen molar-refractivity contribution >= 4 is 26.3 Å². The molecule has 2 aromatic heterocycles. The zero-order valence-electron chi connectivity index (χ0n) is 14.6. The average molecular weight is 438 g/mol. The van der Waals surface area contributed by atoms with Crippen molar-refractivity contribution in [1.82, 2.24) is 19.3 Å². The average Bonchev–Trinajstić information content (AvgIpc) is 3.23. The third kappa shape index (κ3) is 4.02. The largest absolute Gasteiger partial charge is 0.243 e. The minimum atomic E-state index is -4.13. The molecule has 2 heterocycles. The number of halogens is 3. The third-order valence-electron chi connectivity index (χ3n) is 4.11. The van der Waals surface area contributed by atoms with Crippen LogP contribution in [0.25, 0.3) is 16.3 Å². The molecular weight excluding hydrogens is 425 g/mol. The number of rotatable bonds is 6. The van der Waals surface area contributed by atoms with E-state index in [4.69, 9.17) is 0 Å². The number of nitrogens with one attached hydrogen (secondary N) is 1. The number of nitrogens with zero attached hydrogens (tertiary/aromatic N) is 3. The van der Waals surface area contributed by atoms with Crippen LogP contribution in [0.2, 0.25) is 0 Å². The first-order valence-corrected chi connectivity index (χ1v) is 10.7. The molecule has 11 heteroatoms. The van der Waals surface area contributed by atoms with E-state index in [-0.39, 0.29) is 18.8 Å². The summed E-state index contributed by atoms with van der Waals surface area (Å²) in [7, 11) is -4.13. The van der Waals surface area contributed by atoms with E-state index in [2.05, 4.69) is 14.8 Å². The molecule has 4 aromatic rings. The fourth-order valence-corrected chi connectivity index (χ4v) is 4.65. The molecule has 0 unspecified atom stereocenters. The smallest absolute Gasteiger partial charge is 0.211 e. The quantitative estimate of drug-likeness (QED) is 0.501. The van der Waals surface area contributed by atoms with Crippen molar-refractivity contribution in [3.63, 3.8) is 0 Å². The standard InChI is InChI=1S/C18H13F3N4O2S2/c19-12-3-1-11(2-4-12)17-23-18-25(24-17)14(10-28-18)7-8-22-29(26,27)16-6-5-13(20)9-15(16)21/h1-6,9-10,22H,7-8H2. The molecule has 0 aliphatic carbocycles. The highest BCUT2D eigenvalue weighted by molar-refractivity contribution is 7.89. The third-order valence-corrected chi connectivity index (χ3v) is 6.47. The summed E-state index contributed by atoms with van der Waals surface area (Å²) in [5, 5.41) is 6.17. The van der Waals surface area contributed by atoms with Gasteiger partial charge in [-0.25, -0.2) is 30.8 Å². The molecule has 1 N–H and O–H groups in total. The van der Waals surface area contributed by atoms with E-state index in [1.165, 1.54) is 23.5 Å². The Morgan fingerprint density at radius 3 is 2.48 bits per heavy atom. The lowest BCUT2D eigenvalue weighted by molar-refractivity contribution is 0.543. The van der Waals surface area contributed by atoms with E-state index < -0.39 is 26.6 Å². The van der Waals surface area contributed by atoms with Crippen LogP contribution in [0.5, 0.6) is 0 Å². The number of hydrogen-bond donors (Lipinski definition) is 1. The van der Waals surface area contributed by atoms with Crippen molar-refractivity contribution < 1.29 is 21.6 Å². The second-order valence-corrected chi connectivity index (χ2v) is 8.66. The van der Waals surface area contributed by atoms with Gasteiger partial charge in [0.05, 0.1) is 5.69 Å². The van der Waals surface area contributed by atoms with Crippen molar-refractivity contribution in [2.75, 3.05) is 6.54 Å². The van der Waals surface area contributed by atoms with Crippen molar-refractivity contribution in [3.05, 3.63) is 71.0 Å². The first kappa shape index (κ1) is 19.6. The number of thiazole rings is 1. The highest BCUT2D eigenvalue weighted by atomic mass is 32.2. The van der Waals surface area contributed by atoms with Crippen LogP contribution in [0.3, 0.4) is 0 Å². The van der Waals surface area contributed by atoms with Crippen molar-refractivity contribution in [2.24, 2.45) is 0 Å². The summed E-state index contributed by atoms with van der Waals surface area (Å²) in [6, 6.07) is 8.04. The van der Waals surface area contributed by atoms with Crippen LogP contribution >= 0.6 is 11.3 Å². The van der Waals surface area contributed by atoms with Gasteiger partial charge < -0.3 is 0 Å². The van der Waals surface area contributed by atoms with Gasteiger partial charge in [-0.05, 0) is 36.4 Å². The molecule has 29 heavy (non-hydrogen) atoms.